The Labute approximate surface area is 175 Å². The second-order valence-corrected chi connectivity index (χ2v) is 6.55. The molecule has 9 heteroatoms. The third kappa shape index (κ3) is 4.90. The Bertz CT molecular complexity index is 1270. The Morgan fingerprint density at radius 2 is 1.77 bits per heavy atom. The quantitative estimate of drug-likeness (QED) is 0.430. The zero-order valence-corrected chi connectivity index (χ0v) is 16.1. The zero-order chi connectivity index (χ0) is 21.8. The van der Waals surface area contributed by atoms with Crippen LogP contribution in [0, 0.1) is 11.6 Å². The van der Waals surface area contributed by atoms with Gasteiger partial charge in [0, 0.05) is 30.1 Å². The molecular weight excluding hydrogens is 404 g/mol. The molecule has 3 aromatic carbocycles. The van der Waals surface area contributed by atoms with E-state index in [1.807, 2.05) is 0 Å². The fourth-order valence-electron chi connectivity index (χ4n) is 2.84. The van der Waals surface area contributed by atoms with Crippen LogP contribution in [-0.2, 0) is 6.54 Å². The summed E-state index contributed by atoms with van der Waals surface area (Å²) in [6.07, 6.45) is 1.60. The first-order chi connectivity index (χ1) is 15.0. The first kappa shape index (κ1) is 20.2. The molecule has 0 saturated carbocycles. The van der Waals surface area contributed by atoms with E-state index in [2.05, 4.69) is 20.6 Å². The summed E-state index contributed by atoms with van der Waals surface area (Å²) >= 11 is 0. The highest BCUT2D eigenvalue weighted by Gasteiger charge is 2.10. The third-order valence-corrected chi connectivity index (χ3v) is 4.27. The van der Waals surface area contributed by atoms with E-state index in [-0.39, 0.29) is 23.7 Å². The Kier molecular flexibility index (Phi) is 5.67. The van der Waals surface area contributed by atoms with Crippen molar-refractivity contribution in [2.45, 2.75) is 6.54 Å². The predicted molar refractivity (Wildman–Crippen MR) is 113 cm³/mol. The van der Waals surface area contributed by atoms with Gasteiger partial charge >= 0.3 is 6.03 Å². The van der Waals surface area contributed by atoms with Crippen LogP contribution in [0.3, 0.4) is 0 Å². The van der Waals surface area contributed by atoms with Crippen molar-refractivity contribution in [1.29, 1.82) is 0 Å². The molecule has 0 atom stereocenters. The average Bonchev–Trinajstić information content (AvgIpc) is 2.75. The molecule has 0 fully saturated rings. The number of hydrogen-bond acceptors (Lipinski definition) is 5. The number of urea groups is 1. The molecule has 7 nitrogen and oxygen atoms in total. The Balaban J connectivity index is 1.46. The van der Waals surface area contributed by atoms with Gasteiger partial charge in [0.15, 0.2) is 11.6 Å². The van der Waals surface area contributed by atoms with Gasteiger partial charge < -0.3 is 21.1 Å². The summed E-state index contributed by atoms with van der Waals surface area (Å²) in [5.41, 5.74) is 7.93. The fraction of sp³-hybridized carbons (Fsp3) is 0.0455. The van der Waals surface area contributed by atoms with E-state index < -0.39 is 17.7 Å². The van der Waals surface area contributed by atoms with Crippen molar-refractivity contribution in [1.82, 2.24) is 9.97 Å². The molecule has 4 aromatic rings. The van der Waals surface area contributed by atoms with E-state index in [9.17, 15) is 13.6 Å². The molecule has 31 heavy (non-hydrogen) atoms. The van der Waals surface area contributed by atoms with Crippen LogP contribution in [0.1, 0.15) is 5.69 Å². The molecule has 1 heterocycles. The van der Waals surface area contributed by atoms with Crippen molar-refractivity contribution in [2.75, 3.05) is 10.6 Å². The summed E-state index contributed by atoms with van der Waals surface area (Å²) in [7, 11) is 0. The normalized spacial score (nSPS) is 10.7. The van der Waals surface area contributed by atoms with Gasteiger partial charge in [0.1, 0.15) is 11.6 Å². The zero-order valence-electron chi connectivity index (χ0n) is 16.1. The van der Waals surface area contributed by atoms with Crippen LogP contribution >= 0.6 is 0 Å². The van der Waals surface area contributed by atoms with Crippen molar-refractivity contribution >= 4 is 28.4 Å². The molecule has 0 aliphatic rings. The summed E-state index contributed by atoms with van der Waals surface area (Å²) < 4.78 is 33.3. The molecule has 0 aliphatic heterocycles. The third-order valence-electron chi connectivity index (χ3n) is 4.27. The molecular formula is C22H17F2N5O2. The molecule has 4 rings (SSSR count). The van der Waals surface area contributed by atoms with Gasteiger partial charge in [-0.05, 0) is 42.5 Å². The van der Waals surface area contributed by atoms with Gasteiger partial charge in [-0.15, -0.1) is 0 Å². The number of anilines is 2. The van der Waals surface area contributed by atoms with E-state index >= 15 is 0 Å². The fourth-order valence-corrected chi connectivity index (χ4v) is 2.84. The second-order valence-electron chi connectivity index (χ2n) is 6.55. The van der Waals surface area contributed by atoms with E-state index in [0.29, 0.717) is 22.5 Å². The van der Waals surface area contributed by atoms with Gasteiger partial charge in [-0.3, -0.25) is 4.98 Å². The standard InChI is InChI=1S/C22H17F2N5O2/c23-13-2-1-3-14(8-13)28-22(30)29-15-4-7-21(18(24)9-15)31-17-5-6-19-20(10-17)27-16(11-25)12-26-19/h1-10,12H,11,25H2,(H2,28,29,30). The molecule has 156 valence electrons. The molecule has 0 spiro atoms. The van der Waals surface area contributed by atoms with Crippen LogP contribution in [0.4, 0.5) is 25.0 Å². The number of rotatable bonds is 5. The molecule has 0 saturated heterocycles. The van der Waals surface area contributed by atoms with Crippen molar-refractivity contribution in [2.24, 2.45) is 5.73 Å². The Morgan fingerprint density at radius 1 is 0.968 bits per heavy atom. The maximum absolute atomic E-state index is 14.5. The number of aromatic nitrogens is 2. The number of nitrogens with zero attached hydrogens (tertiary/aromatic N) is 2. The van der Waals surface area contributed by atoms with Crippen molar-refractivity contribution < 1.29 is 18.3 Å². The lowest BCUT2D eigenvalue weighted by atomic mass is 10.2. The van der Waals surface area contributed by atoms with Crippen molar-refractivity contribution in [3.63, 3.8) is 0 Å². The molecule has 2 amide bonds. The molecule has 1 aromatic heterocycles. The number of benzene rings is 3. The van der Waals surface area contributed by atoms with Gasteiger partial charge in [0.05, 0.1) is 22.9 Å². The molecule has 4 N–H and O–H groups in total. The van der Waals surface area contributed by atoms with Gasteiger partial charge in [-0.2, -0.15) is 0 Å². The van der Waals surface area contributed by atoms with Gasteiger partial charge in [-0.25, -0.2) is 18.6 Å². The lowest BCUT2D eigenvalue weighted by molar-refractivity contribution is 0.262. The highest BCUT2D eigenvalue weighted by Crippen LogP contribution is 2.28. The SMILES string of the molecule is NCc1cnc2ccc(Oc3ccc(NC(=O)Nc4cccc(F)c4)cc3F)cc2n1. The summed E-state index contributed by atoms with van der Waals surface area (Å²) in [6, 6.07) is 13.8. The number of hydrogen-bond donors (Lipinski definition) is 3. The summed E-state index contributed by atoms with van der Waals surface area (Å²) in [5, 5.41) is 4.95. The molecule has 0 unspecified atom stereocenters. The number of nitrogens with two attached hydrogens (primary N) is 1. The minimum absolute atomic E-state index is 0.0293. The van der Waals surface area contributed by atoms with Crippen LogP contribution < -0.4 is 21.1 Å². The minimum Gasteiger partial charge on any atom is -0.454 e. The molecule has 0 aliphatic carbocycles. The largest absolute Gasteiger partial charge is 0.454 e. The lowest BCUT2D eigenvalue weighted by Gasteiger charge is -2.11. The predicted octanol–water partition coefficient (Wildman–Crippen LogP) is 4.80. The van der Waals surface area contributed by atoms with Gasteiger partial charge in [-0.1, -0.05) is 6.07 Å². The van der Waals surface area contributed by atoms with E-state index in [0.717, 1.165) is 6.07 Å². The molecule has 0 bridgehead atoms. The summed E-state index contributed by atoms with van der Waals surface area (Å²) in [4.78, 5) is 20.7. The number of nitrogens with one attached hydrogen (secondary N) is 2. The summed E-state index contributed by atoms with van der Waals surface area (Å²) in [5.74, 6) is -0.812. The van der Waals surface area contributed by atoms with Crippen LogP contribution in [0.5, 0.6) is 11.5 Å². The Morgan fingerprint density at radius 3 is 2.52 bits per heavy atom. The highest BCUT2D eigenvalue weighted by molar-refractivity contribution is 5.99. The number of amides is 2. The van der Waals surface area contributed by atoms with Crippen LogP contribution in [0.15, 0.2) is 66.9 Å². The lowest BCUT2D eigenvalue weighted by Crippen LogP contribution is -2.19. The average molecular weight is 421 g/mol. The monoisotopic (exact) mass is 421 g/mol. The number of carbonyl (C=O) groups excluding carboxylic acids is 1. The van der Waals surface area contributed by atoms with Gasteiger partial charge in [0.2, 0.25) is 0 Å². The number of fused-ring (bicyclic) bond motifs is 1. The van der Waals surface area contributed by atoms with Crippen molar-refractivity contribution in [3.05, 3.63) is 84.2 Å². The number of carbonyl (C=O) groups is 1. The van der Waals surface area contributed by atoms with E-state index in [1.54, 1.807) is 24.4 Å². The maximum Gasteiger partial charge on any atom is 0.323 e. The minimum atomic E-state index is -0.676. The van der Waals surface area contributed by atoms with Crippen LogP contribution in [-0.4, -0.2) is 16.0 Å². The number of halogens is 2. The number of ether oxygens (including phenoxy) is 1. The van der Waals surface area contributed by atoms with E-state index in [1.165, 1.54) is 36.4 Å². The van der Waals surface area contributed by atoms with Crippen molar-refractivity contribution in [3.8, 4) is 11.5 Å². The Hall–Kier alpha value is -4.11. The summed E-state index contributed by atoms with van der Waals surface area (Å²) in [6.45, 7) is 0.254. The van der Waals surface area contributed by atoms with Crippen LogP contribution in [0.2, 0.25) is 0 Å². The first-order valence-electron chi connectivity index (χ1n) is 9.27. The highest BCUT2D eigenvalue weighted by atomic mass is 19.1. The van der Waals surface area contributed by atoms with Crippen LogP contribution in [0.25, 0.3) is 11.0 Å². The van der Waals surface area contributed by atoms with Gasteiger partial charge in [0.25, 0.3) is 0 Å². The molecule has 0 radical (unpaired) electrons. The first-order valence-corrected chi connectivity index (χ1v) is 9.27. The smallest absolute Gasteiger partial charge is 0.323 e. The van der Waals surface area contributed by atoms with E-state index in [4.69, 9.17) is 10.5 Å². The maximum atomic E-state index is 14.5. The topological polar surface area (TPSA) is 102 Å². The second kappa shape index (κ2) is 8.72.